The molecule has 1 aliphatic heterocycles. The van der Waals surface area contributed by atoms with E-state index in [0.717, 1.165) is 5.56 Å². The highest BCUT2D eigenvalue weighted by Gasteiger charge is 2.35. The van der Waals surface area contributed by atoms with Gasteiger partial charge in [-0.2, -0.15) is 0 Å². The first-order valence-corrected chi connectivity index (χ1v) is 8.17. The molecule has 2 atom stereocenters. The number of hydrogen-bond acceptors (Lipinski definition) is 4. The molecule has 0 aromatic heterocycles. The molecule has 134 valence electrons. The van der Waals surface area contributed by atoms with Crippen molar-refractivity contribution in [3.63, 3.8) is 0 Å². The second kappa shape index (κ2) is 8.41. The number of aliphatic hydroxyl groups excluding tert-OH is 1. The van der Waals surface area contributed by atoms with E-state index in [4.69, 9.17) is 0 Å². The predicted octanol–water partition coefficient (Wildman–Crippen LogP) is 0.574. The lowest BCUT2D eigenvalue weighted by atomic mass is 10.2. The van der Waals surface area contributed by atoms with E-state index < -0.39 is 6.10 Å². The van der Waals surface area contributed by atoms with Crippen LogP contribution in [0.1, 0.15) is 5.56 Å². The van der Waals surface area contributed by atoms with E-state index in [2.05, 4.69) is 10.2 Å². The third kappa shape index (κ3) is 5.15. The molecule has 0 unspecified atom stereocenters. The minimum Gasteiger partial charge on any atom is -0.390 e. The van der Waals surface area contributed by atoms with E-state index in [1.54, 1.807) is 17.0 Å². The number of halogens is 1. The number of rotatable bonds is 6. The van der Waals surface area contributed by atoms with Gasteiger partial charge in [0.1, 0.15) is 5.82 Å². The van der Waals surface area contributed by atoms with Crippen LogP contribution in [0, 0.1) is 5.82 Å². The summed E-state index contributed by atoms with van der Waals surface area (Å²) in [6.45, 7) is 2.80. The summed E-state index contributed by atoms with van der Waals surface area (Å²) in [4.78, 5) is 17.8. The fourth-order valence-electron chi connectivity index (χ4n) is 2.89. The lowest BCUT2D eigenvalue weighted by molar-refractivity contribution is 0.113. The van der Waals surface area contributed by atoms with Gasteiger partial charge in [-0.25, -0.2) is 9.18 Å². The molecule has 0 spiro atoms. The Labute approximate surface area is 142 Å². The SMILES string of the molecule is CN(CCNC(=O)N1C[C@H](O)[C@@H](N(C)C)C1)Cc1ccc(F)cc1. The van der Waals surface area contributed by atoms with Gasteiger partial charge in [0, 0.05) is 32.7 Å². The fraction of sp³-hybridized carbons (Fsp3) is 0.588. The summed E-state index contributed by atoms with van der Waals surface area (Å²) in [5, 5.41) is 12.9. The molecule has 1 aromatic rings. The molecule has 2 N–H and O–H groups in total. The maximum atomic E-state index is 12.9. The Morgan fingerprint density at radius 3 is 2.54 bits per heavy atom. The number of urea groups is 1. The van der Waals surface area contributed by atoms with Gasteiger partial charge in [0.05, 0.1) is 12.1 Å². The Morgan fingerprint density at radius 2 is 1.96 bits per heavy atom. The van der Waals surface area contributed by atoms with Crippen molar-refractivity contribution in [1.82, 2.24) is 20.0 Å². The first kappa shape index (κ1) is 18.6. The van der Waals surface area contributed by atoms with E-state index >= 15 is 0 Å². The Bertz CT molecular complexity index is 538. The molecular weight excluding hydrogens is 311 g/mol. The summed E-state index contributed by atoms with van der Waals surface area (Å²) in [5.41, 5.74) is 1.03. The maximum Gasteiger partial charge on any atom is 0.317 e. The van der Waals surface area contributed by atoms with Crippen LogP contribution in [0.15, 0.2) is 24.3 Å². The molecule has 7 heteroatoms. The lowest BCUT2D eigenvalue weighted by Crippen LogP contribution is -2.42. The summed E-state index contributed by atoms with van der Waals surface area (Å²) in [5.74, 6) is -0.238. The standard InChI is InChI=1S/C17H27FN4O2/c1-20(2)15-11-22(12-16(15)23)17(24)19-8-9-21(3)10-13-4-6-14(18)7-5-13/h4-7,15-16,23H,8-12H2,1-3H3,(H,19,24)/t15-,16-/m0/s1. The largest absolute Gasteiger partial charge is 0.390 e. The van der Waals surface area contributed by atoms with Crippen molar-refractivity contribution in [1.29, 1.82) is 0 Å². The van der Waals surface area contributed by atoms with Crippen molar-refractivity contribution < 1.29 is 14.3 Å². The molecule has 1 heterocycles. The van der Waals surface area contributed by atoms with E-state index in [0.29, 0.717) is 32.7 Å². The molecule has 1 fully saturated rings. The normalized spacial score (nSPS) is 20.9. The fourth-order valence-corrected chi connectivity index (χ4v) is 2.89. The number of aliphatic hydroxyl groups is 1. The highest BCUT2D eigenvalue weighted by molar-refractivity contribution is 5.74. The van der Waals surface area contributed by atoms with Gasteiger partial charge in [-0.15, -0.1) is 0 Å². The maximum absolute atomic E-state index is 12.9. The number of carbonyl (C=O) groups excluding carboxylic acids is 1. The van der Waals surface area contributed by atoms with Crippen LogP contribution >= 0.6 is 0 Å². The van der Waals surface area contributed by atoms with Gasteiger partial charge in [-0.1, -0.05) is 12.1 Å². The molecule has 1 aromatic carbocycles. The van der Waals surface area contributed by atoms with Crippen LogP contribution in [0.2, 0.25) is 0 Å². The highest BCUT2D eigenvalue weighted by atomic mass is 19.1. The average molecular weight is 338 g/mol. The van der Waals surface area contributed by atoms with Gasteiger partial charge < -0.3 is 25.1 Å². The second-order valence-corrected chi connectivity index (χ2v) is 6.60. The summed E-state index contributed by atoms with van der Waals surface area (Å²) in [6.07, 6.45) is -0.508. The molecule has 24 heavy (non-hydrogen) atoms. The third-order valence-electron chi connectivity index (χ3n) is 4.35. The summed E-state index contributed by atoms with van der Waals surface area (Å²) < 4.78 is 12.9. The molecule has 6 nitrogen and oxygen atoms in total. The molecular formula is C17H27FN4O2. The minimum absolute atomic E-state index is 0.0168. The highest BCUT2D eigenvalue weighted by Crippen LogP contribution is 2.14. The number of nitrogens with zero attached hydrogens (tertiary/aromatic N) is 3. The van der Waals surface area contributed by atoms with Crippen LogP contribution < -0.4 is 5.32 Å². The minimum atomic E-state index is -0.508. The number of nitrogens with one attached hydrogen (secondary N) is 1. The Kier molecular flexibility index (Phi) is 6.53. The van der Waals surface area contributed by atoms with E-state index in [-0.39, 0.29) is 17.9 Å². The number of likely N-dealkylation sites (tertiary alicyclic amines) is 1. The zero-order chi connectivity index (χ0) is 17.7. The zero-order valence-corrected chi connectivity index (χ0v) is 14.6. The predicted molar refractivity (Wildman–Crippen MR) is 91.2 cm³/mol. The van der Waals surface area contributed by atoms with Crippen molar-refractivity contribution in [3.05, 3.63) is 35.6 Å². The molecule has 0 aliphatic carbocycles. The number of hydrogen-bond donors (Lipinski definition) is 2. The van der Waals surface area contributed by atoms with Crippen LogP contribution in [0.3, 0.4) is 0 Å². The van der Waals surface area contributed by atoms with Crippen molar-refractivity contribution in [2.75, 3.05) is 47.3 Å². The second-order valence-electron chi connectivity index (χ2n) is 6.60. The van der Waals surface area contributed by atoms with Crippen LogP contribution in [-0.2, 0) is 6.54 Å². The quantitative estimate of drug-likeness (QED) is 0.796. The van der Waals surface area contributed by atoms with Crippen LogP contribution in [-0.4, -0.2) is 85.3 Å². The van der Waals surface area contributed by atoms with Gasteiger partial charge in [0.25, 0.3) is 0 Å². The number of benzene rings is 1. The van der Waals surface area contributed by atoms with Gasteiger partial charge in [-0.3, -0.25) is 0 Å². The lowest BCUT2D eigenvalue weighted by Gasteiger charge is -2.22. The summed E-state index contributed by atoms with van der Waals surface area (Å²) in [7, 11) is 5.76. The monoisotopic (exact) mass is 338 g/mol. The smallest absolute Gasteiger partial charge is 0.317 e. The van der Waals surface area contributed by atoms with Crippen molar-refractivity contribution in [3.8, 4) is 0 Å². The van der Waals surface area contributed by atoms with Gasteiger partial charge in [0.15, 0.2) is 0 Å². The van der Waals surface area contributed by atoms with Gasteiger partial charge in [-0.05, 0) is 38.8 Å². The molecule has 0 saturated carbocycles. The average Bonchev–Trinajstić information content (AvgIpc) is 2.92. The first-order chi connectivity index (χ1) is 11.4. The Hall–Kier alpha value is -1.70. The Balaban J connectivity index is 1.70. The molecule has 2 rings (SSSR count). The van der Waals surface area contributed by atoms with Gasteiger partial charge >= 0.3 is 6.03 Å². The van der Waals surface area contributed by atoms with Crippen LogP contribution in [0.25, 0.3) is 0 Å². The molecule has 0 radical (unpaired) electrons. The topological polar surface area (TPSA) is 59.1 Å². The number of carbonyl (C=O) groups is 1. The number of amides is 2. The van der Waals surface area contributed by atoms with Crippen LogP contribution in [0.4, 0.5) is 9.18 Å². The van der Waals surface area contributed by atoms with E-state index in [1.165, 1.54) is 12.1 Å². The van der Waals surface area contributed by atoms with Crippen molar-refractivity contribution in [2.45, 2.75) is 18.7 Å². The van der Waals surface area contributed by atoms with Crippen molar-refractivity contribution in [2.24, 2.45) is 0 Å². The van der Waals surface area contributed by atoms with Crippen molar-refractivity contribution >= 4 is 6.03 Å². The molecule has 0 bridgehead atoms. The van der Waals surface area contributed by atoms with E-state index in [1.807, 2.05) is 26.0 Å². The number of likely N-dealkylation sites (N-methyl/N-ethyl adjacent to an activating group) is 2. The third-order valence-corrected chi connectivity index (χ3v) is 4.35. The molecule has 2 amide bonds. The summed E-state index contributed by atoms with van der Waals surface area (Å²) in [6, 6.07) is 6.26. The molecule has 1 saturated heterocycles. The Morgan fingerprint density at radius 1 is 1.29 bits per heavy atom. The summed E-state index contributed by atoms with van der Waals surface area (Å²) >= 11 is 0. The van der Waals surface area contributed by atoms with E-state index in [9.17, 15) is 14.3 Å². The zero-order valence-electron chi connectivity index (χ0n) is 14.6. The van der Waals surface area contributed by atoms with Crippen LogP contribution in [0.5, 0.6) is 0 Å². The first-order valence-electron chi connectivity index (χ1n) is 8.17. The molecule has 1 aliphatic rings. The number of β-amino-alcohol motifs (C(OH)–C–C–N with tert-alkyl or cyclic N) is 1. The van der Waals surface area contributed by atoms with Gasteiger partial charge in [0.2, 0.25) is 0 Å².